The number of hydrogen-bond acceptors (Lipinski definition) is 3. The topological polar surface area (TPSA) is 18.5 Å². The van der Waals surface area contributed by atoms with Gasteiger partial charge in [0.05, 0.1) is 0 Å². The molecule has 2 rings (SSSR count). The molecular formula is C16H27N3. The van der Waals surface area contributed by atoms with Crippen LogP contribution in [-0.4, -0.2) is 56.1 Å². The zero-order valence-electron chi connectivity index (χ0n) is 12.5. The molecule has 0 radical (unpaired) electrons. The normalized spacial score (nSPS) is 23.4. The van der Waals surface area contributed by atoms with Gasteiger partial charge in [0.15, 0.2) is 0 Å². The van der Waals surface area contributed by atoms with Gasteiger partial charge in [0.25, 0.3) is 0 Å². The zero-order chi connectivity index (χ0) is 13.7. The maximum atomic E-state index is 3.44. The molecule has 3 nitrogen and oxygen atoms in total. The van der Waals surface area contributed by atoms with Crippen molar-refractivity contribution in [3.8, 4) is 0 Å². The van der Waals surface area contributed by atoms with E-state index in [0.29, 0.717) is 12.1 Å². The molecule has 1 aliphatic heterocycles. The summed E-state index contributed by atoms with van der Waals surface area (Å²) in [7, 11) is 4.28. The van der Waals surface area contributed by atoms with Crippen molar-refractivity contribution in [2.45, 2.75) is 25.4 Å². The highest BCUT2D eigenvalue weighted by Gasteiger charge is 2.22. The third-order valence-corrected chi connectivity index (χ3v) is 4.22. The Balaban J connectivity index is 1.86. The molecule has 1 heterocycles. The predicted octanol–water partition coefficient (Wildman–Crippen LogP) is 1.97. The van der Waals surface area contributed by atoms with Gasteiger partial charge < -0.3 is 10.2 Å². The molecular weight excluding hydrogens is 234 g/mol. The summed E-state index contributed by atoms with van der Waals surface area (Å²) in [5.74, 6) is 0. The highest BCUT2D eigenvalue weighted by molar-refractivity contribution is 5.18. The van der Waals surface area contributed by atoms with Crippen molar-refractivity contribution in [2.24, 2.45) is 0 Å². The number of piperazine rings is 1. The number of hydrogen-bond donors (Lipinski definition) is 1. The van der Waals surface area contributed by atoms with E-state index in [2.05, 4.69) is 66.5 Å². The quantitative estimate of drug-likeness (QED) is 0.874. The summed E-state index contributed by atoms with van der Waals surface area (Å²) in [5.41, 5.74) is 1.40. The summed E-state index contributed by atoms with van der Waals surface area (Å²) >= 11 is 0. The largest absolute Gasteiger partial charge is 0.313 e. The Kier molecular flexibility index (Phi) is 5.37. The summed E-state index contributed by atoms with van der Waals surface area (Å²) in [5, 5.41) is 3.44. The van der Waals surface area contributed by atoms with Gasteiger partial charge in [-0.3, -0.25) is 4.90 Å². The molecule has 0 aromatic heterocycles. The summed E-state index contributed by atoms with van der Waals surface area (Å²) in [4.78, 5) is 5.04. The number of nitrogens with one attached hydrogen (secondary N) is 1. The van der Waals surface area contributed by atoms with Crippen LogP contribution in [0.2, 0.25) is 0 Å². The fraction of sp³-hybridized carbons (Fsp3) is 0.625. The van der Waals surface area contributed by atoms with E-state index in [9.17, 15) is 0 Å². The zero-order valence-corrected chi connectivity index (χ0v) is 12.5. The van der Waals surface area contributed by atoms with Crippen molar-refractivity contribution >= 4 is 0 Å². The van der Waals surface area contributed by atoms with Crippen molar-refractivity contribution in [2.75, 3.05) is 40.3 Å². The van der Waals surface area contributed by atoms with Crippen LogP contribution < -0.4 is 5.32 Å². The maximum Gasteiger partial charge on any atom is 0.0329 e. The number of likely N-dealkylation sites (N-methyl/N-ethyl adjacent to an activating group) is 1. The predicted molar refractivity (Wildman–Crippen MR) is 81.4 cm³/mol. The average Bonchev–Trinajstić information content (AvgIpc) is 2.43. The van der Waals surface area contributed by atoms with Crippen molar-refractivity contribution in [3.63, 3.8) is 0 Å². The minimum absolute atomic E-state index is 0.466. The van der Waals surface area contributed by atoms with E-state index in [4.69, 9.17) is 0 Å². The maximum absolute atomic E-state index is 3.44. The van der Waals surface area contributed by atoms with Crippen LogP contribution in [0.3, 0.4) is 0 Å². The Morgan fingerprint density at radius 1 is 1.26 bits per heavy atom. The van der Waals surface area contributed by atoms with Gasteiger partial charge in [0, 0.05) is 38.3 Å². The Hall–Kier alpha value is -0.900. The molecule has 1 saturated heterocycles. The highest BCUT2D eigenvalue weighted by atomic mass is 15.3. The third-order valence-electron chi connectivity index (χ3n) is 4.22. The van der Waals surface area contributed by atoms with Crippen molar-refractivity contribution in [1.82, 2.24) is 15.1 Å². The second-order valence-corrected chi connectivity index (χ2v) is 5.69. The molecule has 0 amide bonds. The lowest BCUT2D eigenvalue weighted by molar-refractivity contribution is 0.0963. The van der Waals surface area contributed by atoms with Crippen LogP contribution in [0.4, 0.5) is 0 Å². The second-order valence-electron chi connectivity index (χ2n) is 5.69. The monoisotopic (exact) mass is 261 g/mol. The van der Waals surface area contributed by atoms with Crippen LogP contribution in [0.15, 0.2) is 30.3 Å². The van der Waals surface area contributed by atoms with E-state index in [-0.39, 0.29) is 0 Å². The lowest BCUT2D eigenvalue weighted by Crippen LogP contribution is -2.50. The molecule has 106 valence electrons. The minimum atomic E-state index is 0.466. The fourth-order valence-corrected chi connectivity index (χ4v) is 2.97. The Labute approximate surface area is 117 Å². The fourth-order valence-electron chi connectivity index (χ4n) is 2.97. The SMILES string of the molecule is CNC(CCN1CCN(C)CC1C)c1ccccc1. The van der Waals surface area contributed by atoms with Gasteiger partial charge >= 0.3 is 0 Å². The standard InChI is InChI=1S/C16H27N3/c1-14-13-18(3)11-12-19(14)10-9-16(17-2)15-7-5-4-6-8-15/h4-8,14,16-17H,9-13H2,1-3H3. The number of benzene rings is 1. The molecule has 3 heteroatoms. The van der Waals surface area contributed by atoms with Crippen molar-refractivity contribution < 1.29 is 0 Å². The summed E-state index contributed by atoms with van der Waals surface area (Å²) in [6.07, 6.45) is 1.18. The van der Waals surface area contributed by atoms with E-state index >= 15 is 0 Å². The Bertz CT molecular complexity index is 366. The smallest absolute Gasteiger partial charge is 0.0329 e. The first-order valence-electron chi connectivity index (χ1n) is 7.35. The summed E-state index contributed by atoms with van der Waals surface area (Å²) in [6.45, 7) is 7.10. The van der Waals surface area contributed by atoms with Crippen LogP contribution in [-0.2, 0) is 0 Å². The van der Waals surface area contributed by atoms with Crippen LogP contribution in [0, 0.1) is 0 Å². The third kappa shape index (κ3) is 4.03. The molecule has 1 aromatic carbocycles. The number of rotatable bonds is 5. The van der Waals surface area contributed by atoms with Gasteiger partial charge in [-0.2, -0.15) is 0 Å². The van der Waals surface area contributed by atoms with Crippen LogP contribution in [0.25, 0.3) is 0 Å². The first-order valence-corrected chi connectivity index (χ1v) is 7.35. The highest BCUT2D eigenvalue weighted by Crippen LogP contribution is 2.18. The molecule has 0 aliphatic carbocycles. The molecule has 1 fully saturated rings. The molecule has 0 saturated carbocycles. The van der Waals surface area contributed by atoms with Gasteiger partial charge in [-0.1, -0.05) is 30.3 Å². The first-order chi connectivity index (χ1) is 9.20. The second kappa shape index (κ2) is 7.04. The molecule has 2 unspecified atom stereocenters. The van der Waals surface area contributed by atoms with Gasteiger partial charge in [-0.15, -0.1) is 0 Å². The Morgan fingerprint density at radius 3 is 2.63 bits per heavy atom. The van der Waals surface area contributed by atoms with E-state index in [1.165, 1.54) is 38.2 Å². The Morgan fingerprint density at radius 2 is 2.00 bits per heavy atom. The van der Waals surface area contributed by atoms with Crippen LogP contribution in [0.1, 0.15) is 24.9 Å². The lowest BCUT2D eigenvalue weighted by atomic mass is 10.0. The van der Waals surface area contributed by atoms with E-state index in [1.54, 1.807) is 0 Å². The van der Waals surface area contributed by atoms with Crippen LogP contribution in [0.5, 0.6) is 0 Å². The van der Waals surface area contributed by atoms with Crippen LogP contribution >= 0.6 is 0 Å². The van der Waals surface area contributed by atoms with Gasteiger partial charge in [0.1, 0.15) is 0 Å². The lowest BCUT2D eigenvalue weighted by Gasteiger charge is -2.38. The van der Waals surface area contributed by atoms with E-state index in [1.807, 2.05) is 0 Å². The summed E-state index contributed by atoms with van der Waals surface area (Å²) < 4.78 is 0. The molecule has 1 N–H and O–H groups in total. The average molecular weight is 261 g/mol. The van der Waals surface area contributed by atoms with Gasteiger partial charge in [-0.05, 0) is 33.0 Å². The van der Waals surface area contributed by atoms with Crippen molar-refractivity contribution in [3.05, 3.63) is 35.9 Å². The van der Waals surface area contributed by atoms with Crippen molar-refractivity contribution in [1.29, 1.82) is 0 Å². The molecule has 2 atom stereocenters. The first kappa shape index (κ1) is 14.5. The molecule has 0 bridgehead atoms. The molecule has 0 spiro atoms. The molecule has 1 aromatic rings. The minimum Gasteiger partial charge on any atom is -0.313 e. The summed E-state index contributed by atoms with van der Waals surface area (Å²) in [6, 6.07) is 11.9. The van der Waals surface area contributed by atoms with Gasteiger partial charge in [-0.25, -0.2) is 0 Å². The van der Waals surface area contributed by atoms with E-state index < -0.39 is 0 Å². The molecule has 1 aliphatic rings. The van der Waals surface area contributed by atoms with E-state index in [0.717, 1.165) is 0 Å². The molecule has 19 heavy (non-hydrogen) atoms. The number of nitrogens with zero attached hydrogens (tertiary/aromatic N) is 2. The van der Waals surface area contributed by atoms with Gasteiger partial charge in [0.2, 0.25) is 0 Å².